The van der Waals surface area contributed by atoms with Crippen molar-refractivity contribution in [3.8, 4) is 5.75 Å². The summed E-state index contributed by atoms with van der Waals surface area (Å²) in [6, 6.07) is 18.6. The molecule has 3 N–H and O–H groups in total. The molecule has 1 amide bonds. The third kappa shape index (κ3) is 5.52. The minimum atomic E-state index is -0.817. The fourth-order valence-corrected chi connectivity index (χ4v) is 3.04. The molecule has 2 aromatic carbocycles. The fraction of sp³-hybridized carbons (Fsp3) is 0.0800. The van der Waals surface area contributed by atoms with Crippen LogP contribution < -0.4 is 15.8 Å². The number of hydrogen-bond donors (Lipinski definition) is 2. The van der Waals surface area contributed by atoms with Crippen molar-refractivity contribution >= 4 is 34.5 Å². The largest absolute Gasteiger partial charge is 0.490 e. The second-order valence-corrected chi connectivity index (χ2v) is 7.04. The number of nitrogens with one attached hydrogen (secondary N) is 1. The van der Waals surface area contributed by atoms with E-state index in [1.807, 2.05) is 72.8 Å². The average molecular weight is 410 g/mol. The Kier molecular flexibility index (Phi) is 6.30. The van der Waals surface area contributed by atoms with Crippen molar-refractivity contribution in [2.45, 2.75) is 6.04 Å². The molecule has 0 saturated heterocycles. The van der Waals surface area contributed by atoms with Gasteiger partial charge in [-0.2, -0.15) is 0 Å². The number of ether oxygens (including phenoxy) is 1. The molecule has 0 spiro atoms. The Hall–Kier alpha value is -4.03. The number of pyridine rings is 2. The predicted molar refractivity (Wildman–Crippen MR) is 123 cm³/mol. The van der Waals surface area contributed by atoms with Crippen LogP contribution in [-0.2, 0) is 4.79 Å². The first-order valence-corrected chi connectivity index (χ1v) is 9.88. The lowest BCUT2D eigenvalue weighted by molar-refractivity contribution is -0.118. The predicted octanol–water partition coefficient (Wildman–Crippen LogP) is 4.15. The van der Waals surface area contributed by atoms with Crippen LogP contribution in [-0.4, -0.2) is 28.5 Å². The van der Waals surface area contributed by atoms with Crippen LogP contribution in [0.4, 0.5) is 5.69 Å². The number of aromatic nitrogens is 2. The Bertz CT molecular complexity index is 1210. The maximum absolute atomic E-state index is 12.4. The summed E-state index contributed by atoms with van der Waals surface area (Å²) < 4.78 is 5.70. The number of carbonyl (C=O) groups is 1. The van der Waals surface area contributed by atoms with Gasteiger partial charge in [0.2, 0.25) is 5.91 Å². The van der Waals surface area contributed by atoms with Crippen LogP contribution in [0.5, 0.6) is 5.75 Å². The van der Waals surface area contributed by atoms with Gasteiger partial charge in [-0.05, 0) is 52.2 Å². The van der Waals surface area contributed by atoms with Gasteiger partial charge in [0, 0.05) is 24.3 Å². The highest BCUT2D eigenvalue weighted by Gasteiger charge is 2.15. The molecule has 31 heavy (non-hydrogen) atoms. The van der Waals surface area contributed by atoms with E-state index in [9.17, 15) is 4.79 Å². The SMILES string of the molecule is N[C@H](COc1cncc(/C=C/c2ccncc2)c1)C(=O)Nc1ccc2ccccc2c1. The van der Waals surface area contributed by atoms with E-state index in [2.05, 4.69) is 15.3 Å². The monoisotopic (exact) mass is 410 g/mol. The molecule has 0 saturated carbocycles. The highest BCUT2D eigenvalue weighted by molar-refractivity contribution is 5.97. The first-order chi connectivity index (χ1) is 15.2. The lowest BCUT2D eigenvalue weighted by atomic mass is 10.1. The summed E-state index contributed by atoms with van der Waals surface area (Å²) in [5, 5.41) is 5.00. The topological polar surface area (TPSA) is 90.1 Å². The van der Waals surface area contributed by atoms with Crippen molar-refractivity contribution < 1.29 is 9.53 Å². The molecular formula is C25H22N4O2. The zero-order valence-electron chi connectivity index (χ0n) is 16.8. The number of carbonyl (C=O) groups excluding carboxylic acids is 1. The zero-order valence-corrected chi connectivity index (χ0v) is 16.8. The first-order valence-electron chi connectivity index (χ1n) is 9.88. The number of fused-ring (bicyclic) bond motifs is 1. The molecular weight excluding hydrogens is 388 g/mol. The smallest absolute Gasteiger partial charge is 0.244 e. The molecule has 0 unspecified atom stereocenters. The molecule has 154 valence electrons. The molecule has 2 heterocycles. The van der Waals surface area contributed by atoms with Gasteiger partial charge in [-0.15, -0.1) is 0 Å². The van der Waals surface area contributed by atoms with Crippen LogP contribution in [0.2, 0.25) is 0 Å². The normalized spacial score (nSPS) is 12.0. The highest BCUT2D eigenvalue weighted by atomic mass is 16.5. The van der Waals surface area contributed by atoms with Gasteiger partial charge in [-0.3, -0.25) is 14.8 Å². The maximum Gasteiger partial charge on any atom is 0.244 e. The molecule has 0 fully saturated rings. The van der Waals surface area contributed by atoms with E-state index < -0.39 is 6.04 Å². The summed E-state index contributed by atoms with van der Waals surface area (Å²) in [5.41, 5.74) is 8.63. The van der Waals surface area contributed by atoms with E-state index in [0.717, 1.165) is 21.9 Å². The number of hydrogen-bond acceptors (Lipinski definition) is 5. The van der Waals surface area contributed by atoms with Gasteiger partial charge in [-0.25, -0.2) is 0 Å². The number of rotatable bonds is 7. The average Bonchev–Trinajstić information content (AvgIpc) is 2.82. The molecule has 0 bridgehead atoms. The molecule has 0 aliphatic heterocycles. The number of anilines is 1. The van der Waals surface area contributed by atoms with Crippen LogP contribution >= 0.6 is 0 Å². The van der Waals surface area contributed by atoms with E-state index >= 15 is 0 Å². The van der Waals surface area contributed by atoms with Gasteiger partial charge in [0.25, 0.3) is 0 Å². The van der Waals surface area contributed by atoms with E-state index in [4.69, 9.17) is 10.5 Å². The van der Waals surface area contributed by atoms with Crippen molar-refractivity contribution in [3.63, 3.8) is 0 Å². The first kappa shape index (κ1) is 20.3. The lowest BCUT2D eigenvalue weighted by Gasteiger charge is -2.14. The number of benzene rings is 2. The van der Waals surface area contributed by atoms with Crippen LogP contribution in [0, 0.1) is 0 Å². The summed E-state index contributed by atoms with van der Waals surface area (Å²) >= 11 is 0. The Morgan fingerprint density at radius 1 is 0.935 bits per heavy atom. The molecule has 0 aliphatic carbocycles. The summed E-state index contributed by atoms with van der Waals surface area (Å²) in [6.07, 6.45) is 10.7. The van der Waals surface area contributed by atoms with Crippen LogP contribution in [0.1, 0.15) is 11.1 Å². The molecule has 0 aliphatic rings. The Balaban J connectivity index is 1.33. The third-order valence-electron chi connectivity index (χ3n) is 4.69. The molecule has 6 nitrogen and oxygen atoms in total. The second-order valence-electron chi connectivity index (χ2n) is 7.04. The van der Waals surface area contributed by atoms with Crippen molar-refractivity contribution in [1.82, 2.24) is 9.97 Å². The zero-order chi connectivity index (χ0) is 21.5. The summed E-state index contributed by atoms with van der Waals surface area (Å²) in [7, 11) is 0. The van der Waals surface area contributed by atoms with Gasteiger partial charge in [0.1, 0.15) is 18.4 Å². The summed E-state index contributed by atoms with van der Waals surface area (Å²) in [4.78, 5) is 20.6. The van der Waals surface area contributed by atoms with Gasteiger partial charge >= 0.3 is 0 Å². The fourth-order valence-electron chi connectivity index (χ4n) is 3.04. The van der Waals surface area contributed by atoms with Gasteiger partial charge in [0.15, 0.2) is 0 Å². The standard InChI is InChI=1S/C25H22N4O2/c26-24(25(30)29-22-8-7-20-3-1-2-4-21(20)14-22)17-31-23-13-19(15-28-16-23)6-5-18-9-11-27-12-10-18/h1-16,24H,17,26H2,(H,29,30)/b6-5+/t24-/m1/s1. The summed E-state index contributed by atoms with van der Waals surface area (Å²) in [6.45, 7) is 0.0403. The van der Waals surface area contributed by atoms with E-state index in [1.54, 1.807) is 24.8 Å². The van der Waals surface area contributed by atoms with Crippen molar-refractivity contribution in [3.05, 3.63) is 96.6 Å². The van der Waals surface area contributed by atoms with Crippen LogP contribution in [0.25, 0.3) is 22.9 Å². The number of nitrogens with zero attached hydrogens (tertiary/aromatic N) is 2. The minimum absolute atomic E-state index is 0.0403. The van der Waals surface area contributed by atoms with E-state index in [1.165, 1.54) is 0 Å². The highest BCUT2D eigenvalue weighted by Crippen LogP contribution is 2.19. The molecule has 0 radical (unpaired) electrons. The van der Waals surface area contributed by atoms with E-state index in [-0.39, 0.29) is 12.5 Å². The Morgan fingerprint density at radius 2 is 1.71 bits per heavy atom. The summed E-state index contributed by atoms with van der Waals surface area (Å²) in [5.74, 6) is 0.239. The van der Waals surface area contributed by atoms with Crippen LogP contribution in [0.3, 0.4) is 0 Å². The molecule has 6 heteroatoms. The van der Waals surface area contributed by atoms with Gasteiger partial charge < -0.3 is 15.8 Å². The lowest BCUT2D eigenvalue weighted by Crippen LogP contribution is -2.40. The Labute approximate surface area is 180 Å². The second kappa shape index (κ2) is 9.65. The molecule has 4 aromatic rings. The molecule has 1 atom stereocenters. The maximum atomic E-state index is 12.4. The van der Waals surface area contributed by atoms with Gasteiger partial charge in [0.05, 0.1) is 6.20 Å². The van der Waals surface area contributed by atoms with Crippen molar-refractivity contribution in [1.29, 1.82) is 0 Å². The van der Waals surface area contributed by atoms with Gasteiger partial charge in [-0.1, -0.05) is 42.5 Å². The molecule has 4 rings (SSSR count). The van der Waals surface area contributed by atoms with Crippen LogP contribution in [0.15, 0.2) is 85.5 Å². The minimum Gasteiger partial charge on any atom is -0.490 e. The third-order valence-corrected chi connectivity index (χ3v) is 4.69. The quantitative estimate of drug-likeness (QED) is 0.478. The molecule has 2 aromatic heterocycles. The Morgan fingerprint density at radius 3 is 2.55 bits per heavy atom. The van der Waals surface area contributed by atoms with E-state index in [0.29, 0.717) is 11.4 Å². The number of nitrogens with two attached hydrogens (primary N) is 1. The van der Waals surface area contributed by atoms with Crippen molar-refractivity contribution in [2.24, 2.45) is 5.73 Å². The van der Waals surface area contributed by atoms with Crippen molar-refractivity contribution in [2.75, 3.05) is 11.9 Å². The number of amides is 1.